The van der Waals surface area contributed by atoms with E-state index in [1.54, 1.807) is 4.90 Å². The van der Waals surface area contributed by atoms with Gasteiger partial charge in [-0.2, -0.15) is 0 Å². The molecule has 0 aromatic heterocycles. The summed E-state index contributed by atoms with van der Waals surface area (Å²) in [5.74, 6) is 0. The minimum atomic E-state index is -0.312. The van der Waals surface area contributed by atoms with Gasteiger partial charge in [0.05, 0.1) is 0 Å². The molecule has 1 heterocycles. The van der Waals surface area contributed by atoms with Crippen LogP contribution in [0.3, 0.4) is 0 Å². The van der Waals surface area contributed by atoms with Gasteiger partial charge in [0.25, 0.3) is 0 Å². The lowest BCUT2D eigenvalue weighted by Gasteiger charge is -2.30. The number of hydrogen-bond acceptors (Lipinski definition) is 2. The standard InChI is InChI=1S/C6H13N3O.ClH/c1-5-4-9(6(7)10)3-2-8-5;/h5,8H,2-4H2,1H3,(H2,7,10);1H. The monoisotopic (exact) mass is 179 g/mol. The maximum atomic E-state index is 10.6. The predicted octanol–water partition coefficient (Wildman–Crippen LogP) is -0.219. The van der Waals surface area contributed by atoms with Crippen LogP contribution in [0.15, 0.2) is 0 Å². The van der Waals surface area contributed by atoms with Crippen LogP contribution in [0.25, 0.3) is 0 Å². The quantitative estimate of drug-likeness (QED) is 0.540. The van der Waals surface area contributed by atoms with Crippen LogP contribution in [-0.2, 0) is 0 Å². The second kappa shape index (κ2) is 4.41. The van der Waals surface area contributed by atoms with E-state index in [2.05, 4.69) is 5.32 Å². The molecular weight excluding hydrogens is 166 g/mol. The third-order valence-electron chi connectivity index (χ3n) is 1.68. The smallest absolute Gasteiger partial charge is 0.314 e. The largest absolute Gasteiger partial charge is 0.351 e. The summed E-state index contributed by atoms with van der Waals surface area (Å²) in [6, 6.07) is 0.0644. The Bertz CT molecular complexity index is 142. The minimum Gasteiger partial charge on any atom is -0.351 e. The topological polar surface area (TPSA) is 58.4 Å². The lowest BCUT2D eigenvalue weighted by Crippen LogP contribution is -2.52. The van der Waals surface area contributed by atoms with Crippen LogP contribution >= 0.6 is 12.4 Å². The highest BCUT2D eigenvalue weighted by Crippen LogP contribution is 1.96. The molecule has 1 atom stereocenters. The Kier molecular flexibility index (Phi) is 4.22. The maximum absolute atomic E-state index is 10.6. The van der Waals surface area contributed by atoms with E-state index in [9.17, 15) is 4.79 Å². The van der Waals surface area contributed by atoms with Crippen molar-refractivity contribution < 1.29 is 4.79 Å². The van der Waals surface area contributed by atoms with Crippen LogP contribution in [0.1, 0.15) is 6.92 Å². The lowest BCUT2D eigenvalue weighted by atomic mass is 10.2. The fraction of sp³-hybridized carbons (Fsp3) is 0.833. The number of nitrogens with zero attached hydrogens (tertiary/aromatic N) is 1. The van der Waals surface area contributed by atoms with E-state index in [0.29, 0.717) is 6.04 Å². The molecule has 1 fully saturated rings. The summed E-state index contributed by atoms with van der Waals surface area (Å²) < 4.78 is 0. The molecule has 4 nitrogen and oxygen atoms in total. The van der Waals surface area contributed by atoms with Gasteiger partial charge in [0.2, 0.25) is 0 Å². The molecule has 2 amide bonds. The number of nitrogens with two attached hydrogens (primary N) is 1. The number of primary amides is 1. The van der Waals surface area contributed by atoms with Gasteiger partial charge in [-0.1, -0.05) is 0 Å². The molecular formula is C6H14ClN3O. The van der Waals surface area contributed by atoms with Crippen LogP contribution in [0, 0.1) is 0 Å². The van der Waals surface area contributed by atoms with Crippen LogP contribution < -0.4 is 11.1 Å². The summed E-state index contributed by atoms with van der Waals surface area (Å²) in [6.45, 7) is 4.36. The Morgan fingerprint density at radius 3 is 2.73 bits per heavy atom. The van der Waals surface area contributed by atoms with Gasteiger partial charge in [0, 0.05) is 25.7 Å². The summed E-state index contributed by atoms with van der Waals surface area (Å²) in [4.78, 5) is 12.3. The van der Waals surface area contributed by atoms with Crippen LogP contribution in [0.2, 0.25) is 0 Å². The third-order valence-corrected chi connectivity index (χ3v) is 1.68. The second-order valence-electron chi connectivity index (χ2n) is 2.64. The maximum Gasteiger partial charge on any atom is 0.314 e. The summed E-state index contributed by atoms with van der Waals surface area (Å²) in [5.41, 5.74) is 5.09. The minimum absolute atomic E-state index is 0. The van der Waals surface area contributed by atoms with Crippen molar-refractivity contribution in [3.63, 3.8) is 0 Å². The highest BCUT2D eigenvalue weighted by molar-refractivity contribution is 5.85. The van der Waals surface area contributed by atoms with Crippen molar-refractivity contribution in [2.75, 3.05) is 19.6 Å². The zero-order valence-electron chi connectivity index (χ0n) is 6.54. The fourth-order valence-corrected chi connectivity index (χ4v) is 1.13. The molecule has 0 saturated carbocycles. The van der Waals surface area contributed by atoms with E-state index >= 15 is 0 Å². The van der Waals surface area contributed by atoms with E-state index in [1.165, 1.54) is 0 Å². The molecule has 66 valence electrons. The zero-order valence-corrected chi connectivity index (χ0v) is 7.36. The number of nitrogens with one attached hydrogen (secondary N) is 1. The molecule has 0 bridgehead atoms. The molecule has 1 rings (SSSR count). The summed E-state index contributed by atoms with van der Waals surface area (Å²) in [5, 5.41) is 3.22. The first-order valence-corrected chi connectivity index (χ1v) is 3.48. The number of piperazine rings is 1. The van der Waals surface area contributed by atoms with Crippen molar-refractivity contribution in [2.45, 2.75) is 13.0 Å². The number of rotatable bonds is 0. The molecule has 1 saturated heterocycles. The zero-order chi connectivity index (χ0) is 7.56. The van der Waals surface area contributed by atoms with Crippen LogP contribution in [0.5, 0.6) is 0 Å². The number of urea groups is 1. The number of hydrogen-bond donors (Lipinski definition) is 2. The number of carbonyl (C=O) groups is 1. The molecule has 1 aliphatic rings. The number of amides is 2. The first-order chi connectivity index (χ1) is 4.70. The number of halogens is 1. The Hall–Kier alpha value is -0.480. The van der Waals surface area contributed by atoms with E-state index < -0.39 is 0 Å². The fourth-order valence-electron chi connectivity index (χ4n) is 1.13. The van der Waals surface area contributed by atoms with E-state index in [4.69, 9.17) is 5.73 Å². The Morgan fingerprint density at radius 1 is 1.73 bits per heavy atom. The van der Waals surface area contributed by atoms with Crippen molar-refractivity contribution in [3.05, 3.63) is 0 Å². The van der Waals surface area contributed by atoms with Crippen molar-refractivity contribution in [3.8, 4) is 0 Å². The Balaban J connectivity index is 0.000001000. The van der Waals surface area contributed by atoms with Gasteiger partial charge in [-0.25, -0.2) is 4.79 Å². The number of carbonyl (C=O) groups excluding carboxylic acids is 1. The average molecular weight is 180 g/mol. The van der Waals surface area contributed by atoms with Gasteiger partial charge in [0.15, 0.2) is 0 Å². The summed E-state index contributed by atoms with van der Waals surface area (Å²) in [7, 11) is 0. The van der Waals surface area contributed by atoms with E-state index in [0.717, 1.165) is 19.6 Å². The Morgan fingerprint density at radius 2 is 2.36 bits per heavy atom. The molecule has 1 unspecified atom stereocenters. The van der Waals surface area contributed by atoms with Gasteiger partial charge in [-0.3, -0.25) is 0 Å². The van der Waals surface area contributed by atoms with E-state index in [-0.39, 0.29) is 18.4 Å². The van der Waals surface area contributed by atoms with E-state index in [1.807, 2.05) is 6.92 Å². The lowest BCUT2D eigenvalue weighted by molar-refractivity contribution is 0.188. The van der Waals surface area contributed by atoms with Gasteiger partial charge in [-0.05, 0) is 6.92 Å². The molecule has 11 heavy (non-hydrogen) atoms. The molecule has 0 aliphatic carbocycles. The van der Waals surface area contributed by atoms with Crippen molar-refractivity contribution >= 4 is 18.4 Å². The van der Waals surface area contributed by atoms with Crippen LogP contribution in [0.4, 0.5) is 4.79 Å². The second-order valence-corrected chi connectivity index (χ2v) is 2.64. The molecule has 3 N–H and O–H groups in total. The molecule has 0 aromatic carbocycles. The van der Waals surface area contributed by atoms with Gasteiger partial charge >= 0.3 is 6.03 Å². The molecule has 0 aromatic rings. The first-order valence-electron chi connectivity index (χ1n) is 3.48. The molecule has 1 aliphatic heterocycles. The molecule has 5 heteroatoms. The predicted molar refractivity (Wildman–Crippen MR) is 45.9 cm³/mol. The average Bonchev–Trinajstić information content (AvgIpc) is 1.88. The molecule has 0 spiro atoms. The van der Waals surface area contributed by atoms with Gasteiger partial charge in [-0.15, -0.1) is 12.4 Å². The van der Waals surface area contributed by atoms with Gasteiger partial charge in [0.1, 0.15) is 0 Å². The van der Waals surface area contributed by atoms with Gasteiger partial charge < -0.3 is 16.0 Å². The van der Waals surface area contributed by atoms with Crippen molar-refractivity contribution in [2.24, 2.45) is 5.73 Å². The SMILES string of the molecule is CC1CN(C(N)=O)CCN1.Cl. The first kappa shape index (κ1) is 10.5. The summed E-state index contributed by atoms with van der Waals surface area (Å²) in [6.07, 6.45) is 0. The third kappa shape index (κ3) is 2.95. The highest BCUT2D eigenvalue weighted by Gasteiger charge is 2.17. The normalized spacial score (nSPS) is 24.1. The highest BCUT2D eigenvalue weighted by atomic mass is 35.5. The summed E-state index contributed by atoms with van der Waals surface area (Å²) >= 11 is 0. The van der Waals surface area contributed by atoms with Crippen molar-refractivity contribution in [1.82, 2.24) is 10.2 Å². The van der Waals surface area contributed by atoms with Crippen molar-refractivity contribution in [1.29, 1.82) is 0 Å². The van der Waals surface area contributed by atoms with Crippen LogP contribution in [-0.4, -0.2) is 36.6 Å². The molecule has 0 radical (unpaired) electrons. The Labute approximate surface area is 72.5 Å².